The lowest BCUT2D eigenvalue weighted by molar-refractivity contribution is -0.141. The van der Waals surface area contributed by atoms with Gasteiger partial charge in [0.1, 0.15) is 0 Å². The zero-order valence-corrected chi connectivity index (χ0v) is 15.0. The predicted molar refractivity (Wildman–Crippen MR) is 91.5 cm³/mol. The Morgan fingerprint density at radius 1 is 0.714 bits per heavy atom. The molecule has 0 saturated carbocycles. The fourth-order valence-corrected chi connectivity index (χ4v) is 2.87. The number of aliphatic carboxylic acids is 1. The maximum absolute atomic E-state index is 10.8. The zero-order valence-electron chi connectivity index (χ0n) is 15.0. The van der Waals surface area contributed by atoms with Crippen LogP contribution >= 0.6 is 0 Å². The lowest BCUT2D eigenvalue weighted by Gasteiger charge is -2.15. The number of carboxylic acids is 1. The first kappa shape index (κ1) is 20.5. The molecule has 0 spiro atoms. The van der Waals surface area contributed by atoms with Crippen molar-refractivity contribution in [2.45, 2.75) is 92.4 Å². The van der Waals surface area contributed by atoms with Gasteiger partial charge in [0.15, 0.2) is 0 Å². The van der Waals surface area contributed by atoms with Gasteiger partial charge in [-0.05, 0) is 24.2 Å². The molecule has 0 aliphatic carbocycles. The van der Waals surface area contributed by atoms with Crippen molar-refractivity contribution in [3.8, 4) is 0 Å². The predicted octanol–water partition coefficient (Wildman–Crippen LogP) is 6.15. The van der Waals surface area contributed by atoms with Gasteiger partial charge in [-0.25, -0.2) is 0 Å². The molecule has 0 rings (SSSR count). The molecule has 0 fully saturated rings. The molecule has 0 bridgehead atoms. The van der Waals surface area contributed by atoms with E-state index in [9.17, 15) is 4.79 Å². The smallest absolute Gasteiger partial charge is 0.306 e. The number of rotatable bonds is 13. The first-order valence-electron chi connectivity index (χ1n) is 9.05. The molecule has 0 aliphatic rings. The lowest BCUT2D eigenvalue weighted by Crippen LogP contribution is -2.09. The van der Waals surface area contributed by atoms with Crippen LogP contribution < -0.4 is 0 Å². The van der Waals surface area contributed by atoms with Crippen molar-refractivity contribution in [3.63, 3.8) is 0 Å². The first-order chi connectivity index (χ1) is 9.82. The Bertz CT molecular complexity index is 260. The number of carboxylic acid groups (broad SMARTS) is 1. The average Bonchev–Trinajstić information content (AvgIpc) is 2.37. The van der Waals surface area contributed by atoms with Crippen LogP contribution in [0.15, 0.2) is 0 Å². The summed E-state index contributed by atoms with van der Waals surface area (Å²) in [7, 11) is 0. The Hall–Kier alpha value is -0.530. The molecule has 2 nitrogen and oxygen atoms in total. The fraction of sp³-hybridized carbons (Fsp3) is 0.947. The highest BCUT2D eigenvalue weighted by Crippen LogP contribution is 2.22. The van der Waals surface area contributed by atoms with Gasteiger partial charge in [0.25, 0.3) is 0 Å². The van der Waals surface area contributed by atoms with Gasteiger partial charge in [-0.2, -0.15) is 0 Å². The topological polar surface area (TPSA) is 37.3 Å². The number of hydrogen-bond acceptors (Lipinski definition) is 1. The van der Waals surface area contributed by atoms with Crippen LogP contribution in [0, 0.1) is 23.7 Å². The first-order valence-corrected chi connectivity index (χ1v) is 9.05. The monoisotopic (exact) mass is 298 g/mol. The molecule has 0 saturated heterocycles. The van der Waals surface area contributed by atoms with E-state index < -0.39 is 5.97 Å². The summed E-state index contributed by atoms with van der Waals surface area (Å²) in [5.74, 6) is 1.61. The van der Waals surface area contributed by atoms with Gasteiger partial charge in [0.05, 0.1) is 5.92 Å². The van der Waals surface area contributed by atoms with E-state index in [1.807, 2.05) is 6.92 Å². The van der Waals surface area contributed by atoms with Crippen molar-refractivity contribution in [2.24, 2.45) is 23.7 Å². The maximum atomic E-state index is 10.8. The molecule has 2 heteroatoms. The third kappa shape index (κ3) is 12.9. The van der Waals surface area contributed by atoms with Crippen molar-refractivity contribution in [1.82, 2.24) is 0 Å². The Morgan fingerprint density at radius 2 is 1.10 bits per heavy atom. The summed E-state index contributed by atoms with van der Waals surface area (Å²) in [6.07, 6.45) is 11.2. The second kappa shape index (κ2) is 12.1. The minimum absolute atomic E-state index is 0.182. The molecule has 0 aromatic rings. The highest BCUT2D eigenvalue weighted by molar-refractivity contribution is 5.69. The van der Waals surface area contributed by atoms with E-state index in [0.29, 0.717) is 0 Å². The van der Waals surface area contributed by atoms with Crippen LogP contribution in [0.2, 0.25) is 0 Å². The molecule has 0 heterocycles. The lowest BCUT2D eigenvalue weighted by atomic mass is 9.91. The van der Waals surface area contributed by atoms with Crippen molar-refractivity contribution in [3.05, 3.63) is 0 Å². The fourth-order valence-electron chi connectivity index (χ4n) is 2.87. The summed E-state index contributed by atoms with van der Waals surface area (Å²) in [4.78, 5) is 10.8. The van der Waals surface area contributed by atoms with Gasteiger partial charge in [-0.3, -0.25) is 4.79 Å². The van der Waals surface area contributed by atoms with Gasteiger partial charge in [-0.15, -0.1) is 0 Å². The third-order valence-corrected chi connectivity index (χ3v) is 4.63. The molecule has 126 valence electrons. The average molecular weight is 299 g/mol. The molecular formula is C19H38O2. The van der Waals surface area contributed by atoms with Crippen LogP contribution in [-0.2, 0) is 4.79 Å². The van der Waals surface area contributed by atoms with Crippen LogP contribution in [0.25, 0.3) is 0 Å². The van der Waals surface area contributed by atoms with Crippen molar-refractivity contribution in [1.29, 1.82) is 0 Å². The summed E-state index contributed by atoms with van der Waals surface area (Å²) in [5.41, 5.74) is 0. The third-order valence-electron chi connectivity index (χ3n) is 4.63. The van der Waals surface area contributed by atoms with Gasteiger partial charge >= 0.3 is 5.97 Å². The highest BCUT2D eigenvalue weighted by Gasteiger charge is 2.11. The van der Waals surface area contributed by atoms with Gasteiger partial charge in [-0.1, -0.05) is 86.0 Å². The SMILES string of the molecule is CC(C)CCC[C@H](C)CCC[C@@H](C)CCC[C@H](C)C(=O)O. The Labute approximate surface area is 132 Å². The second-order valence-corrected chi connectivity index (χ2v) is 7.64. The minimum atomic E-state index is -0.655. The van der Waals surface area contributed by atoms with E-state index in [1.165, 1.54) is 44.9 Å². The van der Waals surface area contributed by atoms with Crippen LogP contribution in [0.1, 0.15) is 92.4 Å². The molecule has 0 aromatic heterocycles. The Morgan fingerprint density at radius 3 is 1.48 bits per heavy atom. The molecular weight excluding hydrogens is 260 g/mol. The van der Waals surface area contributed by atoms with Gasteiger partial charge < -0.3 is 5.11 Å². The normalized spacial score (nSPS) is 15.9. The molecule has 21 heavy (non-hydrogen) atoms. The summed E-state index contributed by atoms with van der Waals surface area (Å²) in [6.45, 7) is 11.1. The van der Waals surface area contributed by atoms with E-state index in [0.717, 1.165) is 30.6 Å². The summed E-state index contributed by atoms with van der Waals surface area (Å²) in [6, 6.07) is 0. The Kier molecular flexibility index (Phi) is 11.8. The van der Waals surface area contributed by atoms with Crippen LogP contribution in [0.4, 0.5) is 0 Å². The van der Waals surface area contributed by atoms with E-state index in [-0.39, 0.29) is 5.92 Å². The van der Waals surface area contributed by atoms with Gasteiger partial charge in [0.2, 0.25) is 0 Å². The number of hydrogen-bond donors (Lipinski definition) is 1. The molecule has 0 unspecified atom stereocenters. The molecule has 0 radical (unpaired) electrons. The quantitative estimate of drug-likeness (QED) is 0.443. The van der Waals surface area contributed by atoms with Crippen molar-refractivity contribution in [2.75, 3.05) is 0 Å². The molecule has 0 aromatic carbocycles. The summed E-state index contributed by atoms with van der Waals surface area (Å²) in [5, 5.41) is 8.85. The molecule has 3 atom stereocenters. The zero-order chi connectivity index (χ0) is 16.3. The molecule has 0 aliphatic heterocycles. The Balaban J connectivity index is 3.52. The van der Waals surface area contributed by atoms with Gasteiger partial charge in [0, 0.05) is 0 Å². The summed E-state index contributed by atoms with van der Waals surface area (Å²) >= 11 is 0. The van der Waals surface area contributed by atoms with Crippen LogP contribution in [0.5, 0.6) is 0 Å². The van der Waals surface area contributed by atoms with Crippen molar-refractivity contribution >= 4 is 5.97 Å². The second-order valence-electron chi connectivity index (χ2n) is 7.64. The van der Waals surface area contributed by atoms with E-state index >= 15 is 0 Å². The standard InChI is InChI=1S/C19H38O2/c1-15(2)9-6-10-16(3)11-7-12-17(4)13-8-14-18(5)19(20)21/h15-18H,6-14H2,1-5H3,(H,20,21)/t16-,17+,18-/m0/s1. The minimum Gasteiger partial charge on any atom is -0.481 e. The van der Waals surface area contributed by atoms with E-state index in [4.69, 9.17) is 5.11 Å². The number of carbonyl (C=O) groups is 1. The van der Waals surface area contributed by atoms with E-state index in [1.54, 1.807) is 0 Å². The van der Waals surface area contributed by atoms with Crippen LogP contribution in [0.3, 0.4) is 0 Å². The molecule has 1 N–H and O–H groups in total. The summed E-state index contributed by atoms with van der Waals surface area (Å²) < 4.78 is 0. The molecule has 0 amide bonds. The van der Waals surface area contributed by atoms with Crippen LogP contribution in [-0.4, -0.2) is 11.1 Å². The van der Waals surface area contributed by atoms with Crippen molar-refractivity contribution < 1.29 is 9.90 Å². The highest BCUT2D eigenvalue weighted by atomic mass is 16.4. The largest absolute Gasteiger partial charge is 0.481 e. The van der Waals surface area contributed by atoms with E-state index in [2.05, 4.69) is 27.7 Å². The maximum Gasteiger partial charge on any atom is 0.306 e.